The quantitative estimate of drug-likeness (QED) is 0.0275. The van der Waals surface area contributed by atoms with E-state index < -0.39 is 26.6 Å². The summed E-state index contributed by atoms with van der Waals surface area (Å²) in [6.07, 6.45) is 57.6. The molecule has 0 aliphatic heterocycles. The van der Waals surface area contributed by atoms with Crippen LogP contribution in [0.25, 0.3) is 0 Å². The Hall–Kier alpha value is -2.58. The fraction of sp³-hybridized carbons (Fsp3) is 0.660. The molecule has 3 unspecified atom stereocenters. The Labute approximate surface area is 362 Å². The number of aliphatic hydroxyl groups excluding tert-OH is 1. The first-order valence-corrected chi connectivity index (χ1v) is 24.6. The van der Waals surface area contributed by atoms with Crippen molar-refractivity contribution in [1.29, 1.82) is 0 Å². The normalized spacial score (nSPS) is 15.2. The van der Waals surface area contributed by atoms with Gasteiger partial charge in [0.2, 0.25) is 5.91 Å². The highest BCUT2D eigenvalue weighted by atomic mass is 31.2. The fourth-order valence-electron chi connectivity index (χ4n) is 5.89. The number of phosphoric acid groups is 1. The molecule has 2 N–H and O–H groups in total. The molecule has 0 saturated heterocycles. The van der Waals surface area contributed by atoms with Crippen LogP contribution < -0.4 is 10.2 Å². The molecule has 59 heavy (non-hydrogen) atoms. The molecule has 0 heterocycles. The van der Waals surface area contributed by atoms with Crippen molar-refractivity contribution in [3.05, 3.63) is 97.2 Å². The molecular weight excluding hydrogens is 756 g/mol. The lowest BCUT2D eigenvalue weighted by Gasteiger charge is -2.29. The molecule has 0 aliphatic rings. The first-order valence-electron chi connectivity index (χ1n) is 23.1. The average Bonchev–Trinajstić information content (AvgIpc) is 3.19. The maximum absolute atomic E-state index is 12.8. The van der Waals surface area contributed by atoms with E-state index in [9.17, 15) is 19.4 Å². The minimum absolute atomic E-state index is 0.00913. The first kappa shape index (κ1) is 56.4. The summed E-state index contributed by atoms with van der Waals surface area (Å²) in [4.78, 5) is 25.2. The van der Waals surface area contributed by atoms with E-state index in [2.05, 4.69) is 104 Å². The Balaban J connectivity index is 4.20. The molecule has 0 saturated carbocycles. The van der Waals surface area contributed by atoms with Crippen LogP contribution in [0.5, 0.6) is 0 Å². The summed E-state index contributed by atoms with van der Waals surface area (Å²) < 4.78 is 23.1. The van der Waals surface area contributed by atoms with Crippen molar-refractivity contribution < 1.29 is 32.9 Å². The van der Waals surface area contributed by atoms with Gasteiger partial charge in [-0.15, -0.1) is 0 Å². The number of quaternary nitrogens is 1. The zero-order chi connectivity index (χ0) is 43.6. The van der Waals surface area contributed by atoms with Crippen LogP contribution in [-0.2, 0) is 18.4 Å². The summed E-state index contributed by atoms with van der Waals surface area (Å²) in [5.41, 5.74) is 0. The number of carbonyl (C=O) groups is 1. The van der Waals surface area contributed by atoms with Crippen molar-refractivity contribution in [2.24, 2.45) is 0 Å². The molecule has 0 radical (unpaired) electrons. The number of aliphatic hydroxyl groups is 1. The Bertz CT molecular complexity index is 1280. The van der Waals surface area contributed by atoms with Gasteiger partial charge in [0.15, 0.2) is 0 Å². The van der Waals surface area contributed by atoms with Crippen LogP contribution in [0, 0.1) is 0 Å². The molecule has 0 spiro atoms. The highest BCUT2D eigenvalue weighted by molar-refractivity contribution is 7.45. The number of allylic oxidation sites excluding steroid dienone is 15. The summed E-state index contributed by atoms with van der Waals surface area (Å²) in [6, 6.07) is -0.896. The summed E-state index contributed by atoms with van der Waals surface area (Å²) >= 11 is 0. The molecule has 0 aromatic carbocycles. The summed E-state index contributed by atoms with van der Waals surface area (Å²) in [5.74, 6) is -0.218. The lowest BCUT2D eigenvalue weighted by atomic mass is 10.1. The lowest BCUT2D eigenvalue weighted by Crippen LogP contribution is -2.45. The SMILES string of the molecule is CC/C=C\C/C=C\C/C=C\C/C=C\C/C=C\C/C=C\C/C=C\CCCCCCCCCC(=O)NC(COP(=O)([O-])OCC[N+](C)(C)C)C(O)/C=C/CCCCCCCC. The molecule has 3 atom stereocenters. The van der Waals surface area contributed by atoms with Crippen LogP contribution in [0.4, 0.5) is 0 Å². The first-order chi connectivity index (χ1) is 28.5. The number of likely N-dealkylation sites (N-methyl/N-ethyl adjacent to an activating group) is 1. The zero-order valence-corrected chi connectivity index (χ0v) is 39.1. The van der Waals surface area contributed by atoms with Crippen molar-refractivity contribution in [2.75, 3.05) is 40.9 Å². The molecule has 0 rings (SSSR count). The minimum atomic E-state index is -4.59. The summed E-state index contributed by atoms with van der Waals surface area (Å²) in [5, 5.41) is 13.7. The number of nitrogens with zero attached hydrogens (tertiary/aromatic N) is 1. The van der Waals surface area contributed by atoms with E-state index >= 15 is 0 Å². The molecule has 0 aliphatic carbocycles. The van der Waals surface area contributed by atoms with E-state index in [1.165, 1.54) is 44.9 Å². The molecule has 0 aromatic rings. The molecule has 338 valence electrons. The Kier molecular flexibility index (Phi) is 39.0. The smallest absolute Gasteiger partial charge is 0.268 e. The Morgan fingerprint density at radius 2 is 1.03 bits per heavy atom. The number of unbranched alkanes of at least 4 members (excludes halogenated alkanes) is 13. The third kappa shape index (κ3) is 43.3. The zero-order valence-electron chi connectivity index (χ0n) is 38.2. The summed E-state index contributed by atoms with van der Waals surface area (Å²) in [7, 11) is 1.23. The molecule has 9 heteroatoms. The number of hydrogen-bond donors (Lipinski definition) is 2. The van der Waals surface area contributed by atoms with E-state index in [-0.39, 0.29) is 12.5 Å². The van der Waals surface area contributed by atoms with Crippen molar-refractivity contribution in [3.8, 4) is 0 Å². The standard InChI is InChI=1S/C50H87N2O6P/c1-6-8-10-12-14-16-17-18-19-20-21-22-23-24-25-26-27-28-29-30-31-32-33-34-35-36-38-40-42-44-50(54)51-48(47-58-59(55,56)57-46-45-52(3,4)5)49(53)43-41-39-37-15-13-11-9-7-2/h8,10,14,16,18-19,21-22,24-25,27-28,30-31,41,43,48-49,53H,6-7,9,11-13,15,17,20,23,26,29,32-40,42,44-47H2,1-5H3,(H-,51,54,55,56)/b10-8-,16-14-,19-18-,22-21-,25-24-,28-27-,31-30-,43-41+. The molecule has 1 amide bonds. The highest BCUT2D eigenvalue weighted by Crippen LogP contribution is 2.38. The van der Waals surface area contributed by atoms with Gasteiger partial charge >= 0.3 is 0 Å². The van der Waals surface area contributed by atoms with E-state index in [1.54, 1.807) is 6.08 Å². The van der Waals surface area contributed by atoms with Gasteiger partial charge < -0.3 is 28.8 Å². The van der Waals surface area contributed by atoms with Crippen LogP contribution in [0.1, 0.15) is 162 Å². The van der Waals surface area contributed by atoms with Crippen LogP contribution in [0.3, 0.4) is 0 Å². The Morgan fingerprint density at radius 3 is 1.51 bits per heavy atom. The van der Waals surface area contributed by atoms with Gasteiger partial charge in [0.05, 0.1) is 39.9 Å². The van der Waals surface area contributed by atoms with Gasteiger partial charge in [-0.1, -0.05) is 175 Å². The lowest BCUT2D eigenvalue weighted by molar-refractivity contribution is -0.870. The van der Waals surface area contributed by atoms with E-state index in [1.807, 2.05) is 27.2 Å². The van der Waals surface area contributed by atoms with E-state index in [0.29, 0.717) is 17.4 Å². The molecular formula is C50H87N2O6P. The molecule has 0 fully saturated rings. The maximum atomic E-state index is 12.8. The molecule has 0 bridgehead atoms. The number of phosphoric ester groups is 1. The topological polar surface area (TPSA) is 108 Å². The van der Waals surface area contributed by atoms with E-state index in [4.69, 9.17) is 9.05 Å². The second-order valence-electron chi connectivity index (χ2n) is 16.4. The number of amides is 1. The van der Waals surface area contributed by atoms with Crippen LogP contribution in [0.15, 0.2) is 97.2 Å². The highest BCUT2D eigenvalue weighted by Gasteiger charge is 2.23. The monoisotopic (exact) mass is 843 g/mol. The van der Waals surface area contributed by atoms with Gasteiger partial charge in [-0.05, 0) is 77.0 Å². The third-order valence-electron chi connectivity index (χ3n) is 9.55. The molecule has 0 aromatic heterocycles. The molecule has 8 nitrogen and oxygen atoms in total. The van der Waals surface area contributed by atoms with Crippen molar-refractivity contribution in [3.63, 3.8) is 0 Å². The average molecular weight is 843 g/mol. The van der Waals surface area contributed by atoms with Gasteiger partial charge in [-0.3, -0.25) is 9.36 Å². The van der Waals surface area contributed by atoms with Crippen molar-refractivity contribution in [2.45, 2.75) is 174 Å². The minimum Gasteiger partial charge on any atom is -0.756 e. The predicted octanol–water partition coefficient (Wildman–Crippen LogP) is 12.5. The third-order valence-corrected chi connectivity index (χ3v) is 10.5. The van der Waals surface area contributed by atoms with Gasteiger partial charge in [0.1, 0.15) is 13.2 Å². The fourth-order valence-corrected chi connectivity index (χ4v) is 6.62. The number of hydrogen-bond acceptors (Lipinski definition) is 6. The van der Waals surface area contributed by atoms with Crippen molar-refractivity contribution in [1.82, 2.24) is 5.32 Å². The van der Waals surface area contributed by atoms with Crippen molar-refractivity contribution >= 4 is 13.7 Å². The number of rotatable bonds is 40. The number of carbonyl (C=O) groups excluding carboxylic acids is 1. The Morgan fingerprint density at radius 1 is 0.610 bits per heavy atom. The largest absolute Gasteiger partial charge is 0.756 e. The maximum Gasteiger partial charge on any atom is 0.268 e. The second kappa shape index (κ2) is 40.8. The van der Waals surface area contributed by atoms with Crippen LogP contribution in [-0.4, -0.2) is 68.5 Å². The van der Waals surface area contributed by atoms with Gasteiger partial charge in [-0.2, -0.15) is 0 Å². The van der Waals surface area contributed by atoms with Gasteiger partial charge in [-0.25, -0.2) is 0 Å². The van der Waals surface area contributed by atoms with Crippen LogP contribution in [0.2, 0.25) is 0 Å². The van der Waals surface area contributed by atoms with E-state index in [0.717, 1.165) is 96.3 Å². The number of nitrogens with one attached hydrogen (secondary N) is 1. The van der Waals surface area contributed by atoms with Gasteiger partial charge in [0, 0.05) is 6.42 Å². The summed E-state index contributed by atoms with van der Waals surface area (Å²) in [6.45, 7) is 4.45. The van der Waals surface area contributed by atoms with Crippen LogP contribution >= 0.6 is 7.82 Å². The second-order valence-corrected chi connectivity index (χ2v) is 17.8. The predicted molar refractivity (Wildman–Crippen MR) is 251 cm³/mol. The van der Waals surface area contributed by atoms with Gasteiger partial charge in [0.25, 0.3) is 7.82 Å².